The van der Waals surface area contributed by atoms with Gasteiger partial charge < -0.3 is 15.0 Å². The molecule has 2 fully saturated rings. The van der Waals surface area contributed by atoms with E-state index >= 15 is 0 Å². The van der Waals surface area contributed by atoms with E-state index in [1.165, 1.54) is 19.3 Å². The highest BCUT2D eigenvalue weighted by Crippen LogP contribution is 2.39. The lowest BCUT2D eigenvalue weighted by Crippen LogP contribution is -2.37. The van der Waals surface area contributed by atoms with Gasteiger partial charge in [-0.1, -0.05) is 19.3 Å². The van der Waals surface area contributed by atoms with E-state index in [-0.39, 0.29) is 17.6 Å². The third-order valence-corrected chi connectivity index (χ3v) is 4.37. The fourth-order valence-corrected chi connectivity index (χ4v) is 3.33. The van der Waals surface area contributed by atoms with Crippen molar-refractivity contribution in [2.45, 2.75) is 50.2 Å². The van der Waals surface area contributed by atoms with Gasteiger partial charge in [0.2, 0.25) is 0 Å². The molecule has 0 aromatic carbocycles. The van der Waals surface area contributed by atoms with Gasteiger partial charge in [-0.05, 0) is 25.3 Å². The smallest absolute Gasteiger partial charge is 0.268 e. The molecule has 1 aliphatic heterocycles. The molecule has 1 atom stereocenters. The van der Waals surface area contributed by atoms with E-state index in [4.69, 9.17) is 10.00 Å². The molecule has 2 heterocycles. The van der Waals surface area contributed by atoms with Crippen molar-refractivity contribution in [1.29, 1.82) is 5.26 Å². The van der Waals surface area contributed by atoms with Crippen LogP contribution in [0, 0.1) is 11.3 Å². The Bertz CT molecular complexity index is 538. The van der Waals surface area contributed by atoms with Gasteiger partial charge in [0.15, 0.2) is 0 Å². The number of carbonyl (C=O) groups excluding carboxylic acids is 1. The highest BCUT2D eigenvalue weighted by atomic mass is 16.5. The molecule has 20 heavy (non-hydrogen) atoms. The van der Waals surface area contributed by atoms with Gasteiger partial charge in [0, 0.05) is 6.20 Å². The molecule has 1 aromatic heterocycles. The molecule has 1 saturated heterocycles. The molecule has 3 rings (SSSR count). The Morgan fingerprint density at radius 1 is 1.45 bits per heavy atom. The van der Waals surface area contributed by atoms with E-state index in [0.29, 0.717) is 17.9 Å². The summed E-state index contributed by atoms with van der Waals surface area (Å²) < 4.78 is 5.98. The fraction of sp³-hybridized carbons (Fsp3) is 0.600. The maximum atomic E-state index is 12.1. The zero-order valence-corrected chi connectivity index (χ0v) is 11.4. The number of carbonyl (C=O) groups is 1. The maximum Gasteiger partial charge on any atom is 0.268 e. The Labute approximate surface area is 118 Å². The summed E-state index contributed by atoms with van der Waals surface area (Å²) in [7, 11) is 0. The monoisotopic (exact) mass is 273 g/mol. The van der Waals surface area contributed by atoms with Crippen LogP contribution in [0.1, 0.15) is 54.6 Å². The van der Waals surface area contributed by atoms with Gasteiger partial charge in [0.1, 0.15) is 11.8 Å². The number of H-pyrrole nitrogens is 1. The Hall–Kier alpha value is -1.80. The first kappa shape index (κ1) is 13.2. The number of hydrogen-bond acceptors (Lipinski definition) is 3. The average Bonchev–Trinajstić information content (AvgIpc) is 3.07. The summed E-state index contributed by atoms with van der Waals surface area (Å²) in [5.74, 6) is -0.159. The maximum absolute atomic E-state index is 12.1. The molecule has 5 nitrogen and oxygen atoms in total. The van der Waals surface area contributed by atoms with Crippen molar-refractivity contribution in [3.63, 3.8) is 0 Å². The summed E-state index contributed by atoms with van der Waals surface area (Å²) in [6.45, 7) is 0.595. The minimum Gasteiger partial charge on any atom is -0.373 e. The van der Waals surface area contributed by atoms with Crippen molar-refractivity contribution >= 4 is 5.91 Å². The lowest BCUT2D eigenvalue weighted by atomic mass is 9.82. The van der Waals surface area contributed by atoms with Crippen LogP contribution in [0.4, 0.5) is 0 Å². The minimum absolute atomic E-state index is 0.00372. The number of amides is 1. The van der Waals surface area contributed by atoms with E-state index in [9.17, 15) is 4.79 Å². The van der Waals surface area contributed by atoms with Gasteiger partial charge >= 0.3 is 0 Å². The first-order valence-electron chi connectivity index (χ1n) is 7.24. The number of nitrogens with zero attached hydrogens (tertiary/aromatic N) is 1. The third kappa shape index (κ3) is 2.56. The number of aromatic nitrogens is 1. The predicted molar refractivity (Wildman–Crippen MR) is 73.1 cm³/mol. The predicted octanol–water partition coefficient (Wildman–Crippen LogP) is 2.11. The van der Waals surface area contributed by atoms with Crippen LogP contribution < -0.4 is 5.32 Å². The van der Waals surface area contributed by atoms with E-state index < -0.39 is 0 Å². The number of ether oxygens (including phenoxy) is 1. The summed E-state index contributed by atoms with van der Waals surface area (Å²) in [5, 5.41) is 11.8. The highest BCUT2D eigenvalue weighted by Gasteiger charge is 2.41. The second kappa shape index (κ2) is 5.29. The average molecular weight is 273 g/mol. The summed E-state index contributed by atoms with van der Waals surface area (Å²) >= 11 is 0. The van der Waals surface area contributed by atoms with Crippen molar-refractivity contribution in [3.8, 4) is 6.07 Å². The summed E-state index contributed by atoms with van der Waals surface area (Å²) in [4.78, 5) is 14.9. The standard InChI is InChI=1S/C15H19N3O2/c16-8-11-6-13(17-9-11)14(19)18-12-7-15(20-10-12)4-2-1-3-5-15/h6,9,12,17H,1-5,7,10H2,(H,18,19)/t12-/m1/s1. The van der Waals surface area contributed by atoms with E-state index in [2.05, 4.69) is 10.3 Å². The van der Waals surface area contributed by atoms with Crippen LogP contribution in [-0.2, 0) is 4.74 Å². The number of aromatic amines is 1. The van der Waals surface area contributed by atoms with Crippen molar-refractivity contribution in [3.05, 3.63) is 23.5 Å². The number of nitrogens with one attached hydrogen (secondary N) is 2. The quantitative estimate of drug-likeness (QED) is 0.866. The molecule has 0 unspecified atom stereocenters. The summed E-state index contributed by atoms with van der Waals surface area (Å²) in [6.07, 6.45) is 8.42. The SMILES string of the molecule is N#Cc1c[nH]c(C(=O)N[C@H]2COC3(CCCCC3)C2)c1. The van der Waals surface area contributed by atoms with Crippen molar-refractivity contribution < 1.29 is 9.53 Å². The normalized spacial score (nSPS) is 24.4. The topological polar surface area (TPSA) is 77.9 Å². The largest absolute Gasteiger partial charge is 0.373 e. The Morgan fingerprint density at radius 3 is 2.95 bits per heavy atom. The molecule has 2 N–H and O–H groups in total. The molecule has 2 aliphatic rings. The Kier molecular flexibility index (Phi) is 3.49. The lowest BCUT2D eigenvalue weighted by molar-refractivity contribution is -0.0246. The molecule has 1 amide bonds. The number of rotatable bonds is 2. The Balaban J connectivity index is 1.59. The van der Waals surface area contributed by atoms with Crippen LogP contribution in [0.5, 0.6) is 0 Å². The van der Waals surface area contributed by atoms with Gasteiger partial charge in [-0.2, -0.15) is 5.26 Å². The molecule has 0 bridgehead atoms. The molecular weight excluding hydrogens is 254 g/mol. The minimum atomic E-state index is -0.159. The van der Waals surface area contributed by atoms with Gasteiger partial charge in [0.05, 0.1) is 23.8 Å². The molecule has 1 spiro atoms. The number of hydrogen-bond donors (Lipinski definition) is 2. The third-order valence-electron chi connectivity index (χ3n) is 4.37. The van der Waals surface area contributed by atoms with Crippen LogP contribution in [0.15, 0.2) is 12.3 Å². The first-order chi connectivity index (χ1) is 9.71. The van der Waals surface area contributed by atoms with E-state index in [1.807, 2.05) is 6.07 Å². The van der Waals surface area contributed by atoms with Crippen molar-refractivity contribution in [1.82, 2.24) is 10.3 Å². The van der Waals surface area contributed by atoms with Gasteiger partial charge in [-0.25, -0.2) is 0 Å². The van der Waals surface area contributed by atoms with Crippen LogP contribution in [0.3, 0.4) is 0 Å². The zero-order valence-electron chi connectivity index (χ0n) is 11.4. The molecule has 5 heteroatoms. The van der Waals surface area contributed by atoms with Crippen molar-refractivity contribution in [2.75, 3.05) is 6.61 Å². The second-order valence-electron chi connectivity index (χ2n) is 5.84. The van der Waals surface area contributed by atoms with Crippen molar-refractivity contribution in [2.24, 2.45) is 0 Å². The van der Waals surface area contributed by atoms with Crippen LogP contribution in [0.25, 0.3) is 0 Å². The lowest BCUT2D eigenvalue weighted by Gasteiger charge is -2.32. The molecule has 1 aliphatic carbocycles. The van der Waals surface area contributed by atoms with Gasteiger partial charge in [-0.15, -0.1) is 0 Å². The zero-order chi connectivity index (χ0) is 14.0. The van der Waals surface area contributed by atoms with E-state index in [0.717, 1.165) is 19.3 Å². The number of nitriles is 1. The van der Waals surface area contributed by atoms with Crippen LogP contribution in [-0.4, -0.2) is 29.1 Å². The summed E-state index contributed by atoms with van der Waals surface area (Å²) in [5.41, 5.74) is 0.914. The first-order valence-corrected chi connectivity index (χ1v) is 7.24. The molecule has 0 radical (unpaired) electrons. The summed E-state index contributed by atoms with van der Waals surface area (Å²) in [6, 6.07) is 3.66. The fourth-order valence-electron chi connectivity index (χ4n) is 3.33. The van der Waals surface area contributed by atoms with Gasteiger partial charge in [-0.3, -0.25) is 4.79 Å². The molecule has 1 aromatic rings. The Morgan fingerprint density at radius 2 is 2.25 bits per heavy atom. The van der Waals surface area contributed by atoms with Crippen LogP contribution in [0.2, 0.25) is 0 Å². The molecular formula is C15H19N3O2. The highest BCUT2D eigenvalue weighted by molar-refractivity contribution is 5.93. The molecule has 1 saturated carbocycles. The van der Waals surface area contributed by atoms with Gasteiger partial charge in [0.25, 0.3) is 5.91 Å². The second-order valence-corrected chi connectivity index (χ2v) is 5.84. The molecule has 106 valence electrons. The van der Waals surface area contributed by atoms with E-state index in [1.54, 1.807) is 12.3 Å². The van der Waals surface area contributed by atoms with Crippen LogP contribution >= 0.6 is 0 Å².